The first-order valence-electron chi connectivity index (χ1n) is 9.84. The molecular formula is C21H27N5O2S. The van der Waals surface area contributed by atoms with Gasteiger partial charge in [-0.3, -0.25) is 4.90 Å². The van der Waals surface area contributed by atoms with Crippen LogP contribution in [0.25, 0.3) is 10.9 Å². The van der Waals surface area contributed by atoms with Crippen LogP contribution < -0.4 is 20.5 Å². The van der Waals surface area contributed by atoms with Crippen LogP contribution in [0.3, 0.4) is 0 Å². The molecule has 1 aliphatic heterocycles. The standard InChI is InChI=1S/C21H27N5O2S/c1-27-18-9-16-17(10-19(18)28-2)24-21(25-20(16)22)23-11-14-5-3-7-26(12-14)13-15-6-4-8-29-15/h4,6,8-10,14H,3,5,7,11-13H2,1-2H3,(H3,22,23,24,25). The summed E-state index contributed by atoms with van der Waals surface area (Å²) in [6, 6.07) is 7.98. The van der Waals surface area contributed by atoms with Gasteiger partial charge in [0, 0.05) is 36.0 Å². The number of thiophene rings is 1. The number of benzene rings is 1. The van der Waals surface area contributed by atoms with E-state index >= 15 is 0 Å². The van der Waals surface area contributed by atoms with E-state index in [0.29, 0.717) is 29.2 Å². The summed E-state index contributed by atoms with van der Waals surface area (Å²) in [6.45, 7) is 4.11. The molecule has 3 heterocycles. The van der Waals surface area contributed by atoms with E-state index in [-0.39, 0.29) is 0 Å². The maximum Gasteiger partial charge on any atom is 0.225 e. The lowest BCUT2D eigenvalue weighted by Gasteiger charge is -2.32. The zero-order valence-electron chi connectivity index (χ0n) is 16.9. The van der Waals surface area contributed by atoms with Crippen molar-refractivity contribution in [3.63, 3.8) is 0 Å². The molecule has 0 bridgehead atoms. The fourth-order valence-electron chi connectivity index (χ4n) is 3.88. The Morgan fingerprint density at radius 2 is 2.07 bits per heavy atom. The number of rotatable bonds is 7. The largest absolute Gasteiger partial charge is 0.493 e. The Morgan fingerprint density at radius 3 is 2.83 bits per heavy atom. The number of anilines is 2. The number of methoxy groups -OCH3 is 2. The molecule has 8 heteroatoms. The number of nitrogens with two attached hydrogens (primary N) is 1. The molecule has 29 heavy (non-hydrogen) atoms. The highest BCUT2D eigenvalue weighted by Gasteiger charge is 2.20. The van der Waals surface area contributed by atoms with Gasteiger partial charge in [-0.15, -0.1) is 11.3 Å². The van der Waals surface area contributed by atoms with Gasteiger partial charge in [-0.05, 0) is 42.8 Å². The Labute approximate surface area is 174 Å². The van der Waals surface area contributed by atoms with Crippen molar-refractivity contribution in [3.05, 3.63) is 34.5 Å². The van der Waals surface area contributed by atoms with E-state index in [0.717, 1.165) is 37.1 Å². The van der Waals surface area contributed by atoms with Crippen LogP contribution in [0, 0.1) is 5.92 Å². The third-order valence-corrected chi connectivity index (χ3v) is 6.20. The van der Waals surface area contributed by atoms with Crippen LogP contribution in [0.5, 0.6) is 11.5 Å². The van der Waals surface area contributed by atoms with Crippen molar-refractivity contribution in [2.45, 2.75) is 19.4 Å². The van der Waals surface area contributed by atoms with Crippen LogP contribution in [0.1, 0.15) is 17.7 Å². The third-order valence-electron chi connectivity index (χ3n) is 5.34. The van der Waals surface area contributed by atoms with E-state index in [9.17, 15) is 0 Å². The number of hydrogen-bond acceptors (Lipinski definition) is 8. The average molecular weight is 414 g/mol. The molecule has 3 aromatic rings. The minimum atomic E-state index is 0.432. The summed E-state index contributed by atoms with van der Waals surface area (Å²) in [6.07, 6.45) is 2.43. The number of nitrogens with zero attached hydrogens (tertiary/aromatic N) is 3. The van der Waals surface area contributed by atoms with Gasteiger partial charge in [-0.2, -0.15) is 4.98 Å². The molecule has 1 aromatic carbocycles. The smallest absolute Gasteiger partial charge is 0.225 e. The Bertz CT molecular complexity index is 963. The quantitative estimate of drug-likeness (QED) is 0.612. The molecule has 0 radical (unpaired) electrons. The molecule has 4 rings (SSSR count). The SMILES string of the molecule is COc1cc2nc(NCC3CCCN(Cc4cccs4)C3)nc(N)c2cc1OC. The van der Waals surface area contributed by atoms with Gasteiger partial charge in [0.2, 0.25) is 5.95 Å². The van der Waals surface area contributed by atoms with E-state index in [4.69, 9.17) is 15.2 Å². The fraction of sp³-hybridized carbons (Fsp3) is 0.429. The van der Waals surface area contributed by atoms with Crippen LogP contribution in [0.2, 0.25) is 0 Å². The molecule has 0 saturated carbocycles. The number of likely N-dealkylation sites (tertiary alicyclic amines) is 1. The Hall–Kier alpha value is -2.58. The molecule has 0 aliphatic carbocycles. The molecule has 1 aliphatic rings. The van der Waals surface area contributed by atoms with Crippen LogP contribution >= 0.6 is 11.3 Å². The molecule has 3 N–H and O–H groups in total. The van der Waals surface area contributed by atoms with Crippen molar-refractivity contribution in [1.29, 1.82) is 0 Å². The summed E-state index contributed by atoms with van der Waals surface area (Å²) < 4.78 is 10.7. The Morgan fingerprint density at radius 1 is 1.24 bits per heavy atom. The third kappa shape index (κ3) is 4.54. The molecule has 2 aromatic heterocycles. The van der Waals surface area contributed by atoms with Crippen molar-refractivity contribution < 1.29 is 9.47 Å². The van der Waals surface area contributed by atoms with Crippen molar-refractivity contribution >= 4 is 34.0 Å². The van der Waals surface area contributed by atoms with Gasteiger partial charge in [0.05, 0.1) is 19.7 Å². The maximum atomic E-state index is 6.18. The number of nitrogen functional groups attached to an aromatic ring is 1. The van der Waals surface area contributed by atoms with Gasteiger partial charge in [0.1, 0.15) is 5.82 Å². The Balaban J connectivity index is 1.43. The normalized spacial score (nSPS) is 17.4. The molecule has 1 saturated heterocycles. The predicted octanol–water partition coefficient (Wildman–Crippen LogP) is 3.61. The molecule has 0 amide bonds. The number of ether oxygens (including phenoxy) is 2. The van der Waals surface area contributed by atoms with E-state index in [1.54, 1.807) is 14.2 Å². The summed E-state index contributed by atoms with van der Waals surface area (Å²) in [5.41, 5.74) is 6.92. The average Bonchev–Trinajstić information content (AvgIpc) is 3.24. The van der Waals surface area contributed by atoms with Crippen molar-refractivity contribution in [3.8, 4) is 11.5 Å². The van der Waals surface area contributed by atoms with Crippen LogP contribution in [0.4, 0.5) is 11.8 Å². The van der Waals surface area contributed by atoms with Gasteiger partial charge in [-0.25, -0.2) is 4.98 Å². The molecule has 154 valence electrons. The second kappa shape index (κ2) is 8.84. The monoisotopic (exact) mass is 413 g/mol. The summed E-state index contributed by atoms with van der Waals surface area (Å²) in [5, 5.41) is 6.30. The van der Waals surface area contributed by atoms with Gasteiger partial charge in [0.15, 0.2) is 11.5 Å². The molecule has 7 nitrogen and oxygen atoms in total. The lowest BCUT2D eigenvalue weighted by atomic mass is 9.98. The number of hydrogen-bond donors (Lipinski definition) is 2. The van der Waals surface area contributed by atoms with Crippen molar-refractivity contribution in [1.82, 2.24) is 14.9 Å². The molecule has 1 atom stereocenters. The fourth-order valence-corrected chi connectivity index (χ4v) is 4.62. The van der Waals surface area contributed by atoms with E-state index in [1.807, 2.05) is 23.5 Å². The van der Waals surface area contributed by atoms with Gasteiger partial charge in [-0.1, -0.05) is 6.07 Å². The molecule has 1 unspecified atom stereocenters. The number of aromatic nitrogens is 2. The topological polar surface area (TPSA) is 85.5 Å². The van der Waals surface area contributed by atoms with E-state index < -0.39 is 0 Å². The summed E-state index contributed by atoms with van der Waals surface area (Å²) in [4.78, 5) is 13.0. The zero-order chi connectivity index (χ0) is 20.2. The van der Waals surface area contributed by atoms with Crippen LogP contribution in [-0.2, 0) is 6.54 Å². The second-order valence-electron chi connectivity index (χ2n) is 7.36. The molecular weight excluding hydrogens is 386 g/mol. The number of fused-ring (bicyclic) bond motifs is 1. The van der Waals surface area contributed by atoms with Crippen molar-refractivity contribution in [2.75, 3.05) is 44.9 Å². The van der Waals surface area contributed by atoms with Gasteiger partial charge < -0.3 is 20.5 Å². The van der Waals surface area contributed by atoms with Crippen LogP contribution in [0.15, 0.2) is 29.6 Å². The summed E-state index contributed by atoms with van der Waals surface area (Å²) in [7, 11) is 3.21. The lowest BCUT2D eigenvalue weighted by Crippen LogP contribution is -2.37. The minimum absolute atomic E-state index is 0.432. The number of piperidine rings is 1. The van der Waals surface area contributed by atoms with Gasteiger partial charge >= 0.3 is 0 Å². The van der Waals surface area contributed by atoms with Crippen molar-refractivity contribution in [2.24, 2.45) is 5.92 Å². The highest BCUT2D eigenvalue weighted by atomic mass is 32.1. The number of nitrogens with one attached hydrogen (secondary N) is 1. The highest BCUT2D eigenvalue weighted by molar-refractivity contribution is 7.09. The lowest BCUT2D eigenvalue weighted by molar-refractivity contribution is 0.174. The predicted molar refractivity (Wildman–Crippen MR) is 118 cm³/mol. The van der Waals surface area contributed by atoms with E-state index in [2.05, 4.69) is 37.7 Å². The highest BCUT2D eigenvalue weighted by Crippen LogP contribution is 2.33. The second-order valence-corrected chi connectivity index (χ2v) is 8.39. The van der Waals surface area contributed by atoms with E-state index in [1.165, 1.54) is 17.7 Å². The maximum absolute atomic E-state index is 6.18. The first-order chi connectivity index (χ1) is 14.2. The molecule has 1 fully saturated rings. The van der Waals surface area contributed by atoms with Gasteiger partial charge in [0.25, 0.3) is 0 Å². The summed E-state index contributed by atoms with van der Waals surface area (Å²) >= 11 is 1.83. The molecule has 0 spiro atoms. The summed E-state index contributed by atoms with van der Waals surface area (Å²) in [5.74, 6) is 2.79. The minimum Gasteiger partial charge on any atom is -0.493 e. The van der Waals surface area contributed by atoms with Crippen LogP contribution in [-0.4, -0.2) is 48.7 Å². The first kappa shape index (κ1) is 19.7. The zero-order valence-corrected chi connectivity index (χ0v) is 17.7. The first-order valence-corrected chi connectivity index (χ1v) is 10.7. The Kier molecular flexibility index (Phi) is 6.01.